The molecule has 1 saturated heterocycles. The van der Waals surface area contributed by atoms with Gasteiger partial charge in [-0.05, 0) is 24.7 Å². The third kappa shape index (κ3) is 4.96. The summed E-state index contributed by atoms with van der Waals surface area (Å²) >= 11 is 0. The van der Waals surface area contributed by atoms with Crippen molar-refractivity contribution in [2.75, 3.05) is 46.4 Å². The molecule has 126 valence electrons. The smallest absolute Gasteiger partial charge is 0.251 e. The maximum Gasteiger partial charge on any atom is 0.251 e. The van der Waals surface area contributed by atoms with Gasteiger partial charge in [0.15, 0.2) is 0 Å². The number of hydrogen-bond acceptors (Lipinski definition) is 4. The number of likely N-dealkylation sites (N-methyl/N-ethyl adjacent to an activating group) is 1. The van der Waals surface area contributed by atoms with E-state index in [1.54, 1.807) is 31.4 Å². The summed E-state index contributed by atoms with van der Waals surface area (Å²) in [5, 5.41) is 2.79. The topological polar surface area (TPSA) is 61.9 Å². The van der Waals surface area contributed by atoms with Gasteiger partial charge < -0.3 is 19.9 Å². The number of rotatable bonds is 6. The molecule has 2 amide bonds. The molecule has 23 heavy (non-hydrogen) atoms. The largest absolute Gasteiger partial charge is 0.497 e. The minimum atomic E-state index is -0.187. The first-order valence-corrected chi connectivity index (χ1v) is 8.06. The summed E-state index contributed by atoms with van der Waals surface area (Å²) in [5.41, 5.74) is 0.536. The number of amides is 2. The molecule has 0 saturated carbocycles. The highest BCUT2D eigenvalue weighted by Crippen LogP contribution is 2.12. The highest BCUT2D eigenvalue weighted by Gasteiger charge is 2.19. The maximum absolute atomic E-state index is 12.1. The standard InChI is InChI=1S/C17H25N3O3/c1-3-19-9-11-20(12-10-19)16(21)7-8-18-17(22)14-5-4-6-15(13-14)23-2/h4-6,13H,3,7-12H2,1-2H3,(H,18,22). The van der Waals surface area contributed by atoms with E-state index in [-0.39, 0.29) is 11.8 Å². The molecule has 1 aliphatic heterocycles. The Hall–Kier alpha value is -2.08. The molecule has 0 bridgehead atoms. The van der Waals surface area contributed by atoms with Crippen LogP contribution in [0.15, 0.2) is 24.3 Å². The van der Waals surface area contributed by atoms with Gasteiger partial charge in [-0.25, -0.2) is 0 Å². The molecule has 0 atom stereocenters. The lowest BCUT2D eigenvalue weighted by Gasteiger charge is -2.34. The Balaban J connectivity index is 1.74. The normalized spacial score (nSPS) is 15.3. The van der Waals surface area contributed by atoms with Crippen molar-refractivity contribution in [2.24, 2.45) is 0 Å². The van der Waals surface area contributed by atoms with Crippen LogP contribution in [0.4, 0.5) is 0 Å². The van der Waals surface area contributed by atoms with Gasteiger partial charge in [-0.1, -0.05) is 13.0 Å². The number of nitrogens with zero attached hydrogens (tertiary/aromatic N) is 2. The van der Waals surface area contributed by atoms with Gasteiger partial charge in [-0.15, -0.1) is 0 Å². The van der Waals surface area contributed by atoms with E-state index < -0.39 is 0 Å². The van der Waals surface area contributed by atoms with Gasteiger partial charge in [0.05, 0.1) is 7.11 Å². The quantitative estimate of drug-likeness (QED) is 0.849. The molecule has 1 aromatic carbocycles. The second kappa shape index (κ2) is 8.53. The number of nitrogens with one attached hydrogen (secondary N) is 1. The molecule has 0 aliphatic carbocycles. The maximum atomic E-state index is 12.1. The lowest BCUT2D eigenvalue weighted by molar-refractivity contribution is -0.132. The molecule has 1 aromatic rings. The van der Waals surface area contributed by atoms with Gasteiger partial charge in [-0.3, -0.25) is 9.59 Å². The zero-order valence-corrected chi connectivity index (χ0v) is 13.9. The van der Waals surface area contributed by atoms with Crippen molar-refractivity contribution >= 4 is 11.8 Å². The van der Waals surface area contributed by atoms with Crippen LogP contribution in [0.3, 0.4) is 0 Å². The van der Waals surface area contributed by atoms with Crippen molar-refractivity contribution in [2.45, 2.75) is 13.3 Å². The van der Waals surface area contributed by atoms with Crippen LogP contribution >= 0.6 is 0 Å². The SMILES string of the molecule is CCN1CCN(C(=O)CCNC(=O)c2cccc(OC)c2)CC1. The molecule has 0 radical (unpaired) electrons. The molecule has 1 heterocycles. The molecule has 1 N–H and O–H groups in total. The number of benzene rings is 1. The van der Waals surface area contributed by atoms with E-state index in [4.69, 9.17) is 4.74 Å². The predicted octanol–water partition coefficient (Wildman–Crippen LogP) is 0.979. The summed E-state index contributed by atoms with van der Waals surface area (Å²) in [7, 11) is 1.56. The summed E-state index contributed by atoms with van der Waals surface area (Å²) < 4.78 is 5.10. The zero-order chi connectivity index (χ0) is 16.7. The van der Waals surface area contributed by atoms with E-state index in [9.17, 15) is 9.59 Å². The lowest BCUT2D eigenvalue weighted by atomic mass is 10.2. The van der Waals surface area contributed by atoms with Crippen molar-refractivity contribution in [1.82, 2.24) is 15.1 Å². The van der Waals surface area contributed by atoms with Gasteiger partial charge in [0.25, 0.3) is 5.91 Å². The van der Waals surface area contributed by atoms with Gasteiger partial charge in [0.1, 0.15) is 5.75 Å². The van der Waals surface area contributed by atoms with E-state index in [1.165, 1.54) is 0 Å². The Morgan fingerprint density at radius 2 is 1.96 bits per heavy atom. The van der Waals surface area contributed by atoms with Gasteiger partial charge >= 0.3 is 0 Å². The third-order valence-electron chi connectivity index (χ3n) is 4.13. The molecule has 6 heteroatoms. The van der Waals surface area contributed by atoms with Gasteiger partial charge in [0, 0.05) is 44.7 Å². The minimum absolute atomic E-state index is 0.103. The molecule has 0 unspecified atom stereocenters. The fourth-order valence-corrected chi connectivity index (χ4v) is 2.62. The lowest BCUT2D eigenvalue weighted by Crippen LogP contribution is -2.49. The zero-order valence-electron chi connectivity index (χ0n) is 13.9. The Labute approximate surface area is 137 Å². The fourth-order valence-electron chi connectivity index (χ4n) is 2.62. The Morgan fingerprint density at radius 3 is 2.61 bits per heavy atom. The first-order chi connectivity index (χ1) is 11.1. The Bertz CT molecular complexity index is 540. The molecular weight excluding hydrogens is 294 g/mol. The highest BCUT2D eigenvalue weighted by molar-refractivity contribution is 5.94. The van der Waals surface area contributed by atoms with E-state index in [0.29, 0.717) is 24.3 Å². The van der Waals surface area contributed by atoms with Crippen LogP contribution in [0, 0.1) is 0 Å². The number of carbonyl (C=O) groups excluding carboxylic acids is 2. The summed E-state index contributed by atoms with van der Waals surface area (Å²) in [4.78, 5) is 28.4. The second-order valence-electron chi connectivity index (χ2n) is 5.55. The minimum Gasteiger partial charge on any atom is -0.497 e. The summed E-state index contributed by atoms with van der Waals surface area (Å²) in [5.74, 6) is 0.557. The first kappa shape index (κ1) is 17.3. The van der Waals surface area contributed by atoms with Crippen molar-refractivity contribution in [3.8, 4) is 5.75 Å². The summed E-state index contributed by atoms with van der Waals surface area (Å²) in [6.07, 6.45) is 0.335. The average Bonchev–Trinajstić information content (AvgIpc) is 2.61. The molecule has 0 spiro atoms. The van der Waals surface area contributed by atoms with E-state index >= 15 is 0 Å². The Kier molecular flexibility index (Phi) is 6.40. The van der Waals surface area contributed by atoms with Crippen LogP contribution in [0.25, 0.3) is 0 Å². The second-order valence-corrected chi connectivity index (χ2v) is 5.55. The monoisotopic (exact) mass is 319 g/mol. The molecule has 1 fully saturated rings. The number of ether oxygens (including phenoxy) is 1. The van der Waals surface area contributed by atoms with Crippen molar-refractivity contribution in [3.63, 3.8) is 0 Å². The highest BCUT2D eigenvalue weighted by atomic mass is 16.5. The molecule has 1 aliphatic rings. The first-order valence-electron chi connectivity index (χ1n) is 8.06. The predicted molar refractivity (Wildman–Crippen MR) is 88.6 cm³/mol. The van der Waals surface area contributed by atoms with Crippen molar-refractivity contribution in [1.29, 1.82) is 0 Å². The number of carbonyl (C=O) groups is 2. The van der Waals surface area contributed by atoms with Crippen molar-refractivity contribution in [3.05, 3.63) is 29.8 Å². The van der Waals surface area contributed by atoms with Crippen LogP contribution in [-0.4, -0.2) is 68.0 Å². The van der Waals surface area contributed by atoms with Crippen LogP contribution in [0.2, 0.25) is 0 Å². The van der Waals surface area contributed by atoms with E-state index in [0.717, 1.165) is 32.7 Å². The van der Waals surface area contributed by atoms with Gasteiger partial charge in [-0.2, -0.15) is 0 Å². The molecule has 0 aromatic heterocycles. The van der Waals surface area contributed by atoms with Crippen LogP contribution in [0.5, 0.6) is 5.75 Å². The van der Waals surface area contributed by atoms with E-state index in [1.807, 2.05) is 4.90 Å². The number of methoxy groups -OCH3 is 1. The Morgan fingerprint density at radius 1 is 1.22 bits per heavy atom. The van der Waals surface area contributed by atoms with Crippen LogP contribution < -0.4 is 10.1 Å². The molecule has 6 nitrogen and oxygen atoms in total. The fraction of sp³-hybridized carbons (Fsp3) is 0.529. The van der Waals surface area contributed by atoms with Crippen LogP contribution in [-0.2, 0) is 4.79 Å². The van der Waals surface area contributed by atoms with E-state index in [2.05, 4.69) is 17.1 Å². The average molecular weight is 319 g/mol. The number of piperazine rings is 1. The third-order valence-corrected chi connectivity index (χ3v) is 4.13. The van der Waals surface area contributed by atoms with Crippen LogP contribution in [0.1, 0.15) is 23.7 Å². The molecule has 2 rings (SSSR count). The van der Waals surface area contributed by atoms with Crippen molar-refractivity contribution < 1.29 is 14.3 Å². The summed E-state index contributed by atoms with van der Waals surface area (Å²) in [6.45, 7) is 6.91. The number of hydrogen-bond donors (Lipinski definition) is 1. The molecular formula is C17H25N3O3. The summed E-state index contributed by atoms with van der Waals surface area (Å²) in [6, 6.07) is 6.97. The van der Waals surface area contributed by atoms with Gasteiger partial charge in [0.2, 0.25) is 5.91 Å².